The van der Waals surface area contributed by atoms with E-state index in [0.29, 0.717) is 18.1 Å². The third-order valence-corrected chi connectivity index (χ3v) is 8.88. The average molecular weight is 330 g/mol. The monoisotopic (exact) mass is 330 g/mol. The molecule has 114 valence electrons. The van der Waals surface area contributed by atoms with Crippen molar-refractivity contribution in [3.05, 3.63) is 0 Å². The molecule has 6 nitrogen and oxygen atoms in total. The third kappa shape index (κ3) is 3.84. The minimum Gasteiger partial charge on any atom is -0.318 e. The van der Waals surface area contributed by atoms with E-state index in [0.717, 1.165) is 0 Å². The predicted molar refractivity (Wildman–Crippen MR) is 79.6 cm³/mol. The minimum absolute atomic E-state index is 0.0370. The van der Waals surface area contributed by atoms with Gasteiger partial charge in [0, 0.05) is 30.3 Å². The summed E-state index contributed by atoms with van der Waals surface area (Å²) in [5.41, 5.74) is 0. The van der Waals surface area contributed by atoms with E-state index < -0.39 is 30.5 Å². The first-order valence-electron chi connectivity index (χ1n) is 6.22. The Labute approximate surface area is 120 Å². The van der Waals surface area contributed by atoms with Crippen molar-refractivity contribution in [3.63, 3.8) is 0 Å². The molecule has 0 amide bonds. The molecule has 0 radical (unpaired) electrons. The van der Waals surface area contributed by atoms with Gasteiger partial charge in [-0.05, 0) is 14.0 Å². The molecule has 9 heteroatoms. The van der Waals surface area contributed by atoms with Gasteiger partial charge in [-0.1, -0.05) is 6.92 Å². The van der Waals surface area contributed by atoms with E-state index in [4.69, 9.17) is 0 Å². The molecule has 1 saturated heterocycles. The number of nitrogens with one attached hydrogen (secondary N) is 1. The smallest absolute Gasteiger partial charge is 0.219 e. The molecule has 1 aliphatic rings. The number of thioether (sulfide) groups is 1. The number of rotatable bonds is 6. The van der Waals surface area contributed by atoms with E-state index in [1.165, 1.54) is 16.1 Å². The second kappa shape index (κ2) is 6.75. The number of sulfone groups is 1. The van der Waals surface area contributed by atoms with Gasteiger partial charge in [0.15, 0.2) is 9.84 Å². The molecule has 0 bridgehead atoms. The number of hydrogen-bond acceptors (Lipinski definition) is 6. The molecule has 0 aliphatic carbocycles. The Bertz CT molecular complexity index is 489. The van der Waals surface area contributed by atoms with Crippen LogP contribution in [0.4, 0.5) is 0 Å². The summed E-state index contributed by atoms with van der Waals surface area (Å²) in [6.45, 7) is 3.73. The van der Waals surface area contributed by atoms with Crippen LogP contribution >= 0.6 is 11.8 Å². The maximum atomic E-state index is 12.5. The van der Waals surface area contributed by atoms with Gasteiger partial charge in [0.1, 0.15) is 5.37 Å². The Morgan fingerprint density at radius 2 is 2.00 bits per heavy atom. The molecule has 0 aromatic rings. The quantitative estimate of drug-likeness (QED) is 0.722. The van der Waals surface area contributed by atoms with Gasteiger partial charge in [-0.2, -0.15) is 16.1 Å². The van der Waals surface area contributed by atoms with E-state index in [9.17, 15) is 16.8 Å². The van der Waals surface area contributed by atoms with E-state index in [1.807, 2.05) is 0 Å². The van der Waals surface area contributed by atoms with E-state index in [1.54, 1.807) is 20.9 Å². The van der Waals surface area contributed by atoms with Crippen molar-refractivity contribution >= 4 is 31.6 Å². The van der Waals surface area contributed by atoms with Crippen molar-refractivity contribution < 1.29 is 16.8 Å². The fourth-order valence-electron chi connectivity index (χ4n) is 1.96. The number of sulfonamides is 1. The largest absolute Gasteiger partial charge is 0.318 e. The van der Waals surface area contributed by atoms with Crippen molar-refractivity contribution in [1.82, 2.24) is 9.62 Å². The lowest BCUT2D eigenvalue weighted by Gasteiger charge is -2.35. The molecule has 1 heterocycles. The van der Waals surface area contributed by atoms with E-state index >= 15 is 0 Å². The van der Waals surface area contributed by atoms with Crippen LogP contribution in [0.2, 0.25) is 0 Å². The first kappa shape index (κ1) is 17.2. The van der Waals surface area contributed by atoms with Gasteiger partial charge in [0.05, 0.1) is 5.25 Å². The van der Waals surface area contributed by atoms with Crippen molar-refractivity contribution in [2.45, 2.75) is 24.5 Å². The topological polar surface area (TPSA) is 83.6 Å². The summed E-state index contributed by atoms with van der Waals surface area (Å²) in [5.74, 6) is 0.924. The predicted octanol–water partition coefficient (Wildman–Crippen LogP) is -0.266. The summed E-state index contributed by atoms with van der Waals surface area (Å²) in [6.07, 6.45) is 0. The molecule has 1 aliphatic heterocycles. The summed E-state index contributed by atoms with van der Waals surface area (Å²) in [6, 6.07) is 0. The Morgan fingerprint density at radius 1 is 1.37 bits per heavy atom. The Morgan fingerprint density at radius 3 is 2.53 bits per heavy atom. The molecule has 0 saturated carbocycles. The van der Waals surface area contributed by atoms with Crippen LogP contribution in [-0.2, 0) is 19.9 Å². The lowest BCUT2D eigenvalue weighted by Crippen LogP contribution is -2.53. The fourth-order valence-corrected chi connectivity index (χ4v) is 7.35. The Hall–Kier alpha value is 0.170. The lowest BCUT2D eigenvalue weighted by molar-refractivity contribution is 0.397. The molecule has 1 fully saturated rings. The van der Waals surface area contributed by atoms with E-state index in [2.05, 4.69) is 5.32 Å². The van der Waals surface area contributed by atoms with Crippen molar-refractivity contribution in [1.29, 1.82) is 0 Å². The zero-order valence-corrected chi connectivity index (χ0v) is 13.9. The van der Waals surface area contributed by atoms with Gasteiger partial charge >= 0.3 is 0 Å². The van der Waals surface area contributed by atoms with Gasteiger partial charge in [0.25, 0.3) is 0 Å². The van der Waals surface area contributed by atoms with Crippen molar-refractivity contribution in [2.24, 2.45) is 0 Å². The Balaban J connectivity index is 3.07. The highest BCUT2D eigenvalue weighted by Crippen LogP contribution is 2.26. The van der Waals surface area contributed by atoms with Gasteiger partial charge in [0.2, 0.25) is 10.0 Å². The second-order valence-electron chi connectivity index (χ2n) is 4.51. The van der Waals surface area contributed by atoms with Crippen molar-refractivity contribution in [3.8, 4) is 0 Å². The van der Waals surface area contributed by atoms with Crippen LogP contribution in [0.1, 0.15) is 13.8 Å². The maximum Gasteiger partial charge on any atom is 0.219 e. The molecule has 0 aromatic carbocycles. The molecule has 0 spiro atoms. The standard InChI is InChI=1S/C10H22N2O4S3/c1-4-18(13,14)10-8-17-6-5-12(10)19(15,16)9(2)7-11-3/h9-11H,4-8H2,1-3H3. The zero-order chi connectivity index (χ0) is 14.7. The minimum atomic E-state index is -3.59. The Kier molecular flexibility index (Phi) is 6.12. The third-order valence-electron chi connectivity index (χ3n) is 3.18. The van der Waals surface area contributed by atoms with Crippen LogP contribution in [0.3, 0.4) is 0 Å². The molecule has 2 unspecified atom stereocenters. The summed E-state index contributed by atoms with van der Waals surface area (Å²) >= 11 is 1.49. The molecule has 1 N–H and O–H groups in total. The van der Waals surface area contributed by atoms with Crippen LogP contribution in [0.5, 0.6) is 0 Å². The second-order valence-corrected chi connectivity index (χ2v) is 10.4. The normalized spacial score (nSPS) is 24.3. The van der Waals surface area contributed by atoms with Crippen LogP contribution < -0.4 is 5.32 Å². The average Bonchev–Trinajstić information content (AvgIpc) is 2.39. The van der Waals surface area contributed by atoms with Gasteiger partial charge in [-0.3, -0.25) is 0 Å². The van der Waals surface area contributed by atoms with Crippen LogP contribution in [0.15, 0.2) is 0 Å². The van der Waals surface area contributed by atoms with Gasteiger partial charge in [-0.25, -0.2) is 16.8 Å². The summed E-state index contributed by atoms with van der Waals surface area (Å²) in [5, 5.41) is 1.27. The molecular formula is C10H22N2O4S3. The summed E-state index contributed by atoms with van der Waals surface area (Å²) in [7, 11) is -5.31. The lowest BCUT2D eigenvalue weighted by atomic mass is 10.5. The highest BCUT2D eigenvalue weighted by atomic mass is 32.2. The molecule has 2 atom stereocenters. The maximum absolute atomic E-state index is 12.5. The zero-order valence-electron chi connectivity index (χ0n) is 11.5. The van der Waals surface area contributed by atoms with E-state index in [-0.39, 0.29) is 12.3 Å². The summed E-state index contributed by atoms with van der Waals surface area (Å²) < 4.78 is 50.2. The highest BCUT2D eigenvalue weighted by molar-refractivity contribution is 8.01. The van der Waals surface area contributed by atoms with Crippen LogP contribution in [0, 0.1) is 0 Å². The fraction of sp³-hybridized carbons (Fsp3) is 1.00. The van der Waals surface area contributed by atoms with Crippen LogP contribution in [0.25, 0.3) is 0 Å². The molecule has 0 aromatic heterocycles. The molecular weight excluding hydrogens is 308 g/mol. The SMILES string of the molecule is CCS(=O)(=O)C1CSCCN1S(=O)(=O)C(C)CNC. The first-order chi connectivity index (χ1) is 8.77. The first-order valence-corrected chi connectivity index (χ1v) is 10.6. The molecule has 1 rings (SSSR count). The molecule has 19 heavy (non-hydrogen) atoms. The van der Waals surface area contributed by atoms with Gasteiger partial charge < -0.3 is 5.32 Å². The van der Waals surface area contributed by atoms with Gasteiger partial charge in [-0.15, -0.1) is 0 Å². The number of nitrogens with zero attached hydrogens (tertiary/aromatic N) is 1. The van der Waals surface area contributed by atoms with Crippen molar-refractivity contribution in [2.75, 3.05) is 37.4 Å². The van der Waals surface area contributed by atoms with Crippen LogP contribution in [-0.4, -0.2) is 69.2 Å². The highest BCUT2D eigenvalue weighted by Gasteiger charge is 2.41. The summed E-state index contributed by atoms with van der Waals surface area (Å²) in [4.78, 5) is 0. The number of hydrogen-bond donors (Lipinski definition) is 1.